The van der Waals surface area contributed by atoms with Gasteiger partial charge in [0.1, 0.15) is 11.6 Å². The molecular formula is C22H25FN4O2. The molecule has 0 atom stereocenters. The van der Waals surface area contributed by atoms with Gasteiger partial charge < -0.3 is 9.73 Å². The van der Waals surface area contributed by atoms with Gasteiger partial charge in [0.25, 0.3) is 0 Å². The summed E-state index contributed by atoms with van der Waals surface area (Å²) in [6, 6.07) is 15.8. The topological polar surface area (TPSA) is 72.4 Å². The van der Waals surface area contributed by atoms with Crippen molar-refractivity contribution in [3.05, 3.63) is 77.4 Å². The Labute approximate surface area is 169 Å². The molecule has 0 aliphatic rings. The molecule has 2 aromatic heterocycles. The Kier molecular flexibility index (Phi) is 8.09. The first-order valence-corrected chi connectivity index (χ1v) is 9.38. The van der Waals surface area contributed by atoms with E-state index >= 15 is 0 Å². The van der Waals surface area contributed by atoms with Crippen molar-refractivity contribution in [3.63, 3.8) is 0 Å². The molecule has 29 heavy (non-hydrogen) atoms. The van der Waals surface area contributed by atoms with Crippen LogP contribution in [0.5, 0.6) is 0 Å². The number of benzene rings is 2. The third kappa shape index (κ3) is 5.75. The van der Waals surface area contributed by atoms with Gasteiger partial charge in [0, 0.05) is 12.1 Å². The molecule has 0 bridgehead atoms. The summed E-state index contributed by atoms with van der Waals surface area (Å²) in [7, 11) is 0. The molecular weight excluding hydrogens is 371 g/mol. The fourth-order valence-electron chi connectivity index (χ4n) is 2.42. The Bertz CT molecular complexity index is 1020. The summed E-state index contributed by atoms with van der Waals surface area (Å²) in [5.74, 6) is 1.51. The standard InChI is InChI=1S/C12H10FN3O.C8H9NO.C2H6/c1-7-8(2)17-12-14-11(15-16(7)12)9-3-5-10(13)6-4-9;10-7-9-6-8-4-2-1-3-5-8;1-2/h3-6H,1-2H3;1-5,7H,6H2,(H,9,10);1-2H3. The number of nitrogens with zero attached hydrogens (tertiary/aromatic N) is 3. The lowest BCUT2D eigenvalue weighted by Gasteiger charge is -1.96. The van der Waals surface area contributed by atoms with E-state index in [9.17, 15) is 9.18 Å². The van der Waals surface area contributed by atoms with Crippen molar-refractivity contribution in [2.45, 2.75) is 34.2 Å². The SMILES string of the molecule is CC.Cc1oc2nc(-c3ccc(F)cc3)nn2c1C.O=CNCc1ccccc1. The average molecular weight is 396 g/mol. The Morgan fingerprint density at radius 2 is 1.72 bits per heavy atom. The molecule has 2 aromatic carbocycles. The predicted molar refractivity (Wildman–Crippen MR) is 111 cm³/mol. The second-order valence-corrected chi connectivity index (χ2v) is 5.86. The number of aryl methyl sites for hydroxylation is 2. The van der Waals surface area contributed by atoms with Crippen LogP contribution in [0.2, 0.25) is 0 Å². The second-order valence-electron chi connectivity index (χ2n) is 5.86. The van der Waals surface area contributed by atoms with E-state index in [1.807, 2.05) is 58.0 Å². The first-order valence-electron chi connectivity index (χ1n) is 9.38. The lowest BCUT2D eigenvalue weighted by molar-refractivity contribution is -0.109. The van der Waals surface area contributed by atoms with E-state index in [4.69, 9.17) is 4.42 Å². The summed E-state index contributed by atoms with van der Waals surface area (Å²) < 4.78 is 19.9. The van der Waals surface area contributed by atoms with Crippen LogP contribution >= 0.6 is 0 Å². The van der Waals surface area contributed by atoms with Crippen molar-refractivity contribution in [3.8, 4) is 11.4 Å². The van der Waals surface area contributed by atoms with Gasteiger partial charge in [-0.1, -0.05) is 44.2 Å². The van der Waals surface area contributed by atoms with Crippen LogP contribution in [0.25, 0.3) is 17.2 Å². The molecule has 1 amide bonds. The van der Waals surface area contributed by atoms with Crippen LogP contribution in [-0.2, 0) is 11.3 Å². The van der Waals surface area contributed by atoms with Gasteiger partial charge in [-0.15, -0.1) is 5.10 Å². The maximum atomic E-state index is 12.8. The van der Waals surface area contributed by atoms with Crippen molar-refractivity contribution in [1.82, 2.24) is 19.9 Å². The summed E-state index contributed by atoms with van der Waals surface area (Å²) >= 11 is 0. The fraction of sp³-hybridized carbons (Fsp3) is 0.227. The first-order chi connectivity index (χ1) is 14.1. The van der Waals surface area contributed by atoms with E-state index in [2.05, 4.69) is 15.4 Å². The number of carbonyl (C=O) groups excluding carboxylic acids is 1. The zero-order valence-electron chi connectivity index (χ0n) is 17.0. The van der Waals surface area contributed by atoms with Gasteiger partial charge >= 0.3 is 5.84 Å². The molecule has 4 rings (SSSR count). The van der Waals surface area contributed by atoms with E-state index in [0.29, 0.717) is 24.6 Å². The number of rotatable bonds is 4. The van der Waals surface area contributed by atoms with Crippen molar-refractivity contribution in [2.24, 2.45) is 0 Å². The van der Waals surface area contributed by atoms with E-state index in [1.54, 1.807) is 16.6 Å². The number of hydrogen-bond acceptors (Lipinski definition) is 4. The van der Waals surface area contributed by atoms with Crippen LogP contribution < -0.4 is 5.32 Å². The van der Waals surface area contributed by atoms with Gasteiger partial charge in [0.15, 0.2) is 5.82 Å². The van der Waals surface area contributed by atoms with Gasteiger partial charge in [-0.3, -0.25) is 4.79 Å². The number of halogens is 1. The minimum absolute atomic E-state index is 0.274. The second kappa shape index (κ2) is 10.8. The summed E-state index contributed by atoms with van der Waals surface area (Å²) in [5.41, 5.74) is 2.80. The predicted octanol–water partition coefficient (Wildman–Crippen LogP) is 4.70. The molecule has 0 fully saturated rings. The van der Waals surface area contributed by atoms with Crippen molar-refractivity contribution < 1.29 is 13.6 Å². The average Bonchev–Trinajstić information content (AvgIpc) is 3.29. The smallest absolute Gasteiger partial charge is 0.325 e. The Balaban J connectivity index is 0.000000215. The number of fused-ring (bicyclic) bond motifs is 1. The molecule has 0 radical (unpaired) electrons. The quantitative estimate of drug-likeness (QED) is 0.507. The third-order valence-electron chi connectivity index (χ3n) is 3.98. The van der Waals surface area contributed by atoms with E-state index < -0.39 is 0 Å². The normalized spacial score (nSPS) is 9.83. The highest BCUT2D eigenvalue weighted by Gasteiger charge is 2.13. The molecule has 0 unspecified atom stereocenters. The number of hydrogen-bond donors (Lipinski definition) is 1. The Morgan fingerprint density at radius 3 is 2.31 bits per heavy atom. The van der Waals surface area contributed by atoms with Crippen LogP contribution in [0.4, 0.5) is 4.39 Å². The van der Waals surface area contributed by atoms with Crippen molar-refractivity contribution >= 4 is 12.3 Å². The maximum absolute atomic E-state index is 12.8. The zero-order valence-corrected chi connectivity index (χ0v) is 17.0. The molecule has 4 aromatic rings. The van der Waals surface area contributed by atoms with Crippen LogP contribution in [0.3, 0.4) is 0 Å². The fourth-order valence-corrected chi connectivity index (χ4v) is 2.42. The van der Waals surface area contributed by atoms with Crippen LogP contribution in [0.1, 0.15) is 30.9 Å². The molecule has 7 heteroatoms. The highest BCUT2D eigenvalue weighted by atomic mass is 19.1. The van der Waals surface area contributed by atoms with E-state index in [1.165, 1.54) is 12.1 Å². The Morgan fingerprint density at radius 1 is 1.07 bits per heavy atom. The summed E-state index contributed by atoms with van der Waals surface area (Å²) in [5, 5.41) is 6.91. The molecule has 0 saturated carbocycles. The molecule has 0 saturated heterocycles. The summed E-state index contributed by atoms with van der Waals surface area (Å²) in [4.78, 5) is 14.1. The van der Waals surface area contributed by atoms with Gasteiger partial charge in [-0.2, -0.15) is 9.50 Å². The molecule has 6 nitrogen and oxygen atoms in total. The number of amides is 1. The lowest BCUT2D eigenvalue weighted by atomic mass is 10.2. The molecule has 152 valence electrons. The third-order valence-corrected chi connectivity index (χ3v) is 3.98. The minimum atomic E-state index is -0.274. The van der Waals surface area contributed by atoms with Crippen molar-refractivity contribution in [1.29, 1.82) is 0 Å². The largest absolute Gasteiger partial charge is 0.427 e. The van der Waals surface area contributed by atoms with Crippen molar-refractivity contribution in [2.75, 3.05) is 0 Å². The highest BCUT2D eigenvalue weighted by molar-refractivity contribution is 5.56. The summed E-state index contributed by atoms with van der Waals surface area (Å²) in [6.07, 6.45) is 0.701. The maximum Gasteiger partial charge on any atom is 0.325 e. The molecule has 0 aliphatic heterocycles. The minimum Gasteiger partial charge on any atom is -0.427 e. The van der Waals surface area contributed by atoms with Gasteiger partial charge in [0.05, 0.1) is 5.69 Å². The molecule has 0 aliphatic carbocycles. The lowest BCUT2D eigenvalue weighted by Crippen LogP contribution is -2.09. The number of nitrogens with one attached hydrogen (secondary N) is 1. The summed E-state index contributed by atoms with van der Waals surface area (Å²) in [6.45, 7) is 8.39. The van der Waals surface area contributed by atoms with Crippen LogP contribution in [0, 0.1) is 19.7 Å². The first kappa shape index (κ1) is 21.8. The molecule has 0 spiro atoms. The van der Waals surface area contributed by atoms with E-state index in [-0.39, 0.29) is 5.82 Å². The molecule has 1 N–H and O–H groups in total. The molecule has 2 heterocycles. The van der Waals surface area contributed by atoms with E-state index in [0.717, 1.165) is 22.6 Å². The number of aromatic nitrogens is 3. The Hall–Kier alpha value is -3.48. The number of oxazole rings is 1. The zero-order chi connectivity index (χ0) is 21.2. The van der Waals surface area contributed by atoms with Crippen LogP contribution in [-0.4, -0.2) is 21.0 Å². The highest BCUT2D eigenvalue weighted by Crippen LogP contribution is 2.19. The monoisotopic (exact) mass is 396 g/mol. The van der Waals surface area contributed by atoms with Gasteiger partial charge in [0.2, 0.25) is 6.41 Å². The van der Waals surface area contributed by atoms with Gasteiger partial charge in [-0.25, -0.2) is 4.39 Å². The number of carbonyl (C=O) groups is 1. The van der Waals surface area contributed by atoms with Gasteiger partial charge in [-0.05, 0) is 43.7 Å². The van der Waals surface area contributed by atoms with Crippen LogP contribution in [0.15, 0.2) is 59.0 Å².